The quantitative estimate of drug-likeness (QED) is 0.209. The van der Waals surface area contributed by atoms with E-state index in [0.717, 1.165) is 55.0 Å². The number of amides is 2. The highest BCUT2D eigenvalue weighted by Crippen LogP contribution is 2.31. The monoisotopic (exact) mass is 591 g/mol. The minimum atomic E-state index is -4.39. The lowest BCUT2D eigenvalue weighted by Crippen LogP contribution is -2.48. The van der Waals surface area contributed by atoms with Crippen LogP contribution in [0.3, 0.4) is 0 Å². The number of aromatic amines is 1. The van der Waals surface area contributed by atoms with Crippen LogP contribution in [0.4, 0.5) is 23.7 Å². The van der Waals surface area contributed by atoms with E-state index in [1.165, 1.54) is 24.3 Å². The predicted octanol–water partition coefficient (Wildman–Crippen LogP) is 6.80. The average Bonchev–Trinajstić information content (AvgIpc) is 3.36. The van der Waals surface area contributed by atoms with Gasteiger partial charge in [-0.3, -0.25) is 4.90 Å². The van der Waals surface area contributed by atoms with Crippen molar-refractivity contribution in [2.75, 3.05) is 18.4 Å². The van der Waals surface area contributed by atoms with Crippen molar-refractivity contribution >= 4 is 17.7 Å². The first-order valence-corrected chi connectivity index (χ1v) is 14.0. The number of hydrogen-bond acceptors (Lipinski definition) is 4. The van der Waals surface area contributed by atoms with Crippen LogP contribution in [0.25, 0.3) is 11.4 Å². The third kappa shape index (κ3) is 7.42. The third-order valence-corrected chi connectivity index (χ3v) is 7.68. The summed E-state index contributed by atoms with van der Waals surface area (Å²) in [6.45, 7) is 4.38. The van der Waals surface area contributed by atoms with Gasteiger partial charge in [-0.15, -0.1) is 0 Å². The summed E-state index contributed by atoms with van der Waals surface area (Å²) in [6.07, 6.45) is -2.90. The second-order valence-corrected chi connectivity index (χ2v) is 10.7. The molecule has 1 aromatic heterocycles. The molecule has 43 heavy (non-hydrogen) atoms. The summed E-state index contributed by atoms with van der Waals surface area (Å²) in [5, 5.41) is 12.1. The van der Waals surface area contributed by atoms with Crippen molar-refractivity contribution in [3.63, 3.8) is 0 Å². The van der Waals surface area contributed by atoms with Crippen LogP contribution >= 0.6 is 0 Å². The Morgan fingerprint density at radius 2 is 1.65 bits per heavy atom. The lowest BCUT2D eigenvalue weighted by molar-refractivity contribution is -0.137. The van der Waals surface area contributed by atoms with E-state index < -0.39 is 17.7 Å². The van der Waals surface area contributed by atoms with E-state index in [4.69, 9.17) is 5.11 Å². The van der Waals surface area contributed by atoms with Gasteiger partial charge in [0.2, 0.25) is 0 Å². The number of aromatic carboxylic acids is 1. The Balaban J connectivity index is 1.23. The molecule has 0 spiro atoms. The second kappa shape index (κ2) is 12.7. The van der Waals surface area contributed by atoms with E-state index in [1.54, 1.807) is 12.1 Å². The first-order valence-electron chi connectivity index (χ1n) is 14.0. The van der Waals surface area contributed by atoms with Gasteiger partial charge in [-0.2, -0.15) is 13.2 Å². The van der Waals surface area contributed by atoms with Gasteiger partial charge >= 0.3 is 18.2 Å². The van der Waals surface area contributed by atoms with Crippen LogP contribution in [0.1, 0.15) is 45.7 Å². The standard InChI is InChI=1S/C32H32F3N5O3/c1-21-28(38-29(36-21)23-7-11-25(12-8-23)32(33,34)35)20-39-17-15-27(16-18-39)40(19-22-5-3-2-4-6-22)31(43)37-26-13-9-24(10-14-26)30(41)42/h2-14,27H,15-20H2,1H3,(H,36,38)(H,37,43)(H,41,42). The maximum atomic E-state index is 13.5. The van der Waals surface area contributed by atoms with Crippen molar-refractivity contribution < 1.29 is 27.9 Å². The predicted molar refractivity (Wildman–Crippen MR) is 156 cm³/mol. The highest BCUT2D eigenvalue weighted by molar-refractivity contribution is 5.91. The van der Waals surface area contributed by atoms with Crippen molar-refractivity contribution in [2.45, 2.75) is 45.1 Å². The van der Waals surface area contributed by atoms with Gasteiger partial charge in [0.05, 0.1) is 16.8 Å². The smallest absolute Gasteiger partial charge is 0.416 e. The number of aromatic nitrogens is 2. The largest absolute Gasteiger partial charge is 0.478 e. The second-order valence-electron chi connectivity index (χ2n) is 10.7. The van der Waals surface area contributed by atoms with Gasteiger partial charge in [-0.05, 0) is 61.7 Å². The molecule has 1 aliphatic heterocycles. The minimum absolute atomic E-state index is 0.0160. The highest BCUT2D eigenvalue weighted by atomic mass is 19.4. The number of carbonyl (C=O) groups excluding carboxylic acids is 1. The van der Waals surface area contributed by atoms with Gasteiger partial charge in [0, 0.05) is 49.2 Å². The number of alkyl halides is 3. The van der Waals surface area contributed by atoms with Crippen LogP contribution in [-0.2, 0) is 19.3 Å². The Labute approximate surface area is 247 Å². The molecule has 1 fully saturated rings. The summed E-state index contributed by atoms with van der Waals surface area (Å²) in [5.41, 5.74) is 3.24. The fourth-order valence-corrected chi connectivity index (χ4v) is 5.24. The zero-order valence-corrected chi connectivity index (χ0v) is 23.6. The SMILES string of the molecule is Cc1[nH]c(-c2ccc(C(F)(F)F)cc2)nc1CN1CCC(N(Cc2ccccc2)C(=O)Nc2ccc(C(=O)O)cc2)CC1. The molecule has 4 aromatic rings. The number of carbonyl (C=O) groups is 2. The van der Waals surface area contributed by atoms with E-state index in [0.29, 0.717) is 30.2 Å². The van der Waals surface area contributed by atoms with E-state index in [1.807, 2.05) is 42.2 Å². The molecule has 2 heterocycles. The molecule has 0 saturated carbocycles. The molecule has 1 saturated heterocycles. The molecule has 3 N–H and O–H groups in total. The van der Waals surface area contributed by atoms with Crippen LogP contribution < -0.4 is 5.32 Å². The topological polar surface area (TPSA) is 102 Å². The van der Waals surface area contributed by atoms with Crippen LogP contribution in [-0.4, -0.2) is 56.0 Å². The lowest BCUT2D eigenvalue weighted by atomic mass is 10.0. The number of urea groups is 1. The van der Waals surface area contributed by atoms with Crippen LogP contribution in [0, 0.1) is 6.92 Å². The lowest BCUT2D eigenvalue weighted by Gasteiger charge is -2.38. The van der Waals surface area contributed by atoms with Crippen molar-refractivity contribution in [2.24, 2.45) is 0 Å². The van der Waals surface area contributed by atoms with E-state index >= 15 is 0 Å². The van der Waals surface area contributed by atoms with Gasteiger partial charge in [0.15, 0.2) is 0 Å². The number of hydrogen-bond donors (Lipinski definition) is 3. The molecule has 1 aliphatic rings. The Kier molecular flexibility index (Phi) is 8.81. The number of rotatable bonds is 8. The number of halogens is 3. The maximum Gasteiger partial charge on any atom is 0.416 e. The van der Waals surface area contributed by atoms with E-state index in [9.17, 15) is 22.8 Å². The fourth-order valence-electron chi connectivity index (χ4n) is 5.24. The summed E-state index contributed by atoms with van der Waals surface area (Å²) in [5.74, 6) is -0.505. The van der Waals surface area contributed by atoms with Crippen molar-refractivity contribution in [1.82, 2.24) is 19.8 Å². The number of nitrogens with one attached hydrogen (secondary N) is 2. The van der Waals surface area contributed by atoms with Crippen LogP contribution in [0.2, 0.25) is 0 Å². The Bertz CT molecular complexity index is 1550. The summed E-state index contributed by atoms with van der Waals surface area (Å²) >= 11 is 0. The Morgan fingerprint density at radius 3 is 2.26 bits per heavy atom. The zero-order valence-electron chi connectivity index (χ0n) is 23.6. The van der Waals surface area contributed by atoms with E-state index in [2.05, 4.69) is 20.2 Å². The maximum absolute atomic E-state index is 13.5. The molecule has 5 rings (SSSR count). The molecule has 8 nitrogen and oxygen atoms in total. The van der Waals surface area contributed by atoms with Crippen molar-refractivity contribution in [3.8, 4) is 11.4 Å². The summed E-state index contributed by atoms with van der Waals surface area (Å²) in [6, 6.07) is 20.5. The van der Waals surface area contributed by atoms with Gasteiger partial charge in [-0.1, -0.05) is 42.5 Å². The number of imidazole rings is 1. The van der Waals surface area contributed by atoms with Crippen LogP contribution in [0.5, 0.6) is 0 Å². The van der Waals surface area contributed by atoms with E-state index in [-0.39, 0.29) is 17.6 Å². The number of benzene rings is 3. The number of carboxylic acids is 1. The molecule has 11 heteroatoms. The average molecular weight is 592 g/mol. The van der Waals surface area contributed by atoms with Crippen molar-refractivity contribution in [3.05, 3.63) is 107 Å². The molecular weight excluding hydrogens is 559 g/mol. The molecule has 0 unspecified atom stereocenters. The zero-order chi connectivity index (χ0) is 30.6. The molecule has 0 radical (unpaired) electrons. The third-order valence-electron chi connectivity index (χ3n) is 7.68. The van der Waals surface area contributed by atoms with Gasteiger partial charge in [0.25, 0.3) is 0 Å². The first-order chi connectivity index (χ1) is 20.6. The molecule has 2 amide bonds. The number of nitrogens with zero attached hydrogens (tertiary/aromatic N) is 3. The minimum Gasteiger partial charge on any atom is -0.478 e. The number of carboxylic acid groups (broad SMARTS) is 1. The van der Waals surface area contributed by atoms with Crippen LogP contribution in [0.15, 0.2) is 78.9 Å². The molecule has 0 bridgehead atoms. The summed E-state index contributed by atoms with van der Waals surface area (Å²) < 4.78 is 38.8. The summed E-state index contributed by atoms with van der Waals surface area (Å²) in [4.78, 5) is 36.6. The normalized spacial score (nSPS) is 14.4. The Hall–Kier alpha value is -4.64. The molecule has 3 aromatic carbocycles. The fraction of sp³-hybridized carbons (Fsp3) is 0.281. The van der Waals surface area contributed by atoms with Gasteiger partial charge in [-0.25, -0.2) is 14.6 Å². The first kappa shape index (κ1) is 29.8. The molecule has 0 atom stereocenters. The highest BCUT2D eigenvalue weighted by Gasteiger charge is 2.31. The number of H-pyrrole nitrogens is 1. The number of likely N-dealkylation sites (tertiary alicyclic amines) is 1. The number of piperidine rings is 1. The molecule has 224 valence electrons. The molecule has 0 aliphatic carbocycles. The van der Waals surface area contributed by atoms with Crippen molar-refractivity contribution in [1.29, 1.82) is 0 Å². The van der Waals surface area contributed by atoms with Gasteiger partial charge < -0.3 is 20.3 Å². The molecular formula is C32H32F3N5O3. The summed E-state index contributed by atoms with van der Waals surface area (Å²) in [7, 11) is 0. The number of anilines is 1. The number of aryl methyl sites for hydroxylation is 1. The van der Waals surface area contributed by atoms with Gasteiger partial charge in [0.1, 0.15) is 5.82 Å². The Morgan fingerprint density at radius 1 is 1.00 bits per heavy atom.